The van der Waals surface area contributed by atoms with E-state index in [1.54, 1.807) is 35.7 Å². The first kappa shape index (κ1) is 19.3. The Kier molecular flexibility index (Phi) is 4.25. The zero-order chi connectivity index (χ0) is 23.2. The van der Waals surface area contributed by atoms with Crippen LogP contribution in [-0.2, 0) is 0 Å². The molecule has 0 amide bonds. The van der Waals surface area contributed by atoms with Gasteiger partial charge >= 0.3 is 0 Å². The standard InChI is InChI=1S/C26H16N8O/c1-2-5-17(6-3-1)24-29-12-14-34(24)26-31-23(30-25(32-26)33-13-11-27-16-33)18-8-9-19-21(15-18)35-20-7-4-10-28-22(19)20/h1-16H. The molecule has 2 aromatic carbocycles. The summed E-state index contributed by atoms with van der Waals surface area (Å²) in [5.74, 6) is 2.13. The fourth-order valence-corrected chi connectivity index (χ4v) is 4.08. The van der Waals surface area contributed by atoms with Gasteiger partial charge in [0.05, 0.1) is 0 Å². The van der Waals surface area contributed by atoms with Crippen LogP contribution in [0.25, 0.3) is 56.7 Å². The van der Waals surface area contributed by atoms with Crippen LogP contribution in [0, 0.1) is 0 Å². The number of fused-ring (bicyclic) bond motifs is 3. The van der Waals surface area contributed by atoms with Crippen molar-refractivity contribution in [3.05, 3.63) is 98.0 Å². The molecule has 9 heteroatoms. The molecule has 0 aliphatic carbocycles. The molecule has 7 aromatic rings. The van der Waals surface area contributed by atoms with E-state index in [9.17, 15) is 0 Å². The lowest BCUT2D eigenvalue weighted by Gasteiger charge is -2.10. The maximum Gasteiger partial charge on any atom is 0.240 e. The van der Waals surface area contributed by atoms with E-state index in [1.807, 2.05) is 71.4 Å². The summed E-state index contributed by atoms with van der Waals surface area (Å²) in [6.45, 7) is 0. The average molecular weight is 456 g/mol. The maximum atomic E-state index is 6.03. The molecule has 5 aromatic heterocycles. The number of hydrogen-bond acceptors (Lipinski definition) is 7. The molecule has 0 radical (unpaired) electrons. The molecule has 0 bridgehead atoms. The maximum absolute atomic E-state index is 6.03. The van der Waals surface area contributed by atoms with Crippen LogP contribution in [0.3, 0.4) is 0 Å². The Bertz CT molecular complexity index is 1800. The third-order valence-electron chi connectivity index (χ3n) is 5.72. The van der Waals surface area contributed by atoms with E-state index in [2.05, 4.69) is 15.0 Å². The van der Waals surface area contributed by atoms with Crippen molar-refractivity contribution >= 4 is 22.1 Å². The fourth-order valence-electron chi connectivity index (χ4n) is 4.08. The van der Waals surface area contributed by atoms with Gasteiger partial charge in [-0.1, -0.05) is 36.4 Å². The topological polar surface area (TPSA) is 100 Å². The summed E-state index contributed by atoms with van der Waals surface area (Å²) in [6.07, 6.45) is 10.5. The van der Waals surface area contributed by atoms with Crippen LogP contribution < -0.4 is 0 Å². The molecule has 0 aliphatic heterocycles. The molecule has 0 spiro atoms. The summed E-state index contributed by atoms with van der Waals surface area (Å²) >= 11 is 0. The minimum Gasteiger partial charge on any atom is -0.454 e. The third kappa shape index (κ3) is 3.25. The molecule has 0 saturated carbocycles. The zero-order valence-corrected chi connectivity index (χ0v) is 18.2. The van der Waals surface area contributed by atoms with Crippen LogP contribution in [-0.4, -0.2) is 39.0 Å². The third-order valence-corrected chi connectivity index (χ3v) is 5.72. The van der Waals surface area contributed by atoms with Crippen molar-refractivity contribution in [2.75, 3.05) is 0 Å². The van der Waals surface area contributed by atoms with E-state index in [1.165, 1.54) is 0 Å². The minimum atomic E-state index is 0.446. The Hall–Kier alpha value is -5.18. The summed E-state index contributed by atoms with van der Waals surface area (Å²) < 4.78 is 9.63. The van der Waals surface area contributed by atoms with Crippen LogP contribution in [0.1, 0.15) is 0 Å². The number of nitrogens with zero attached hydrogens (tertiary/aromatic N) is 8. The van der Waals surface area contributed by atoms with Gasteiger partial charge < -0.3 is 4.42 Å². The monoisotopic (exact) mass is 456 g/mol. The quantitative estimate of drug-likeness (QED) is 0.372. The van der Waals surface area contributed by atoms with Crippen molar-refractivity contribution in [2.24, 2.45) is 0 Å². The number of benzene rings is 2. The highest BCUT2D eigenvalue weighted by Gasteiger charge is 2.16. The van der Waals surface area contributed by atoms with Gasteiger partial charge in [0.2, 0.25) is 11.9 Å². The molecule has 0 saturated heterocycles. The molecule has 0 unspecified atom stereocenters. The molecule has 166 valence electrons. The Labute approximate surface area is 198 Å². The summed E-state index contributed by atoms with van der Waals surface area (Å²) in [4.78, 5) is 27.4. The highest BCUT2D eigenvalue weighted by atomic mass is 16.3. The molecule has 7 rings (SSSR count). The van der Waals surface area contributed by atoms with Crippen molar-refractivity contribution in [3.63, 3.8) is 0 Å². The highest BCUT2D eigenvalue weighted by Crippen LogP contribution is 2.30. The smallest absolute Gasteiger partial charge is 0.240 e. The van der Waals surface area contributed by atoms with Gasteiger partial charge in [-0.15, -0.1) is 0 Å². The van der Waals surface area contributed by atoms with Gasteiger partial charge in [-0.25, -0.2) is 9.97 Å². The fraction of sp³-hybridized carbons (Fsp3) is 0. The predicted molar refractivity (Wildman–Crippen MR) is 130 cm³/mol. The molecule has 9 nitrogen and oxygen atoms in total. The summed E-state index contributed by atoms with van der Waals surface area (Å²) in [6, 6.07) is 19.6. The first-order valence-electron chi connectivity index (χ1n) is 10.9. The lowest BCUT2D eigenvalue weighted by molar-refractivity contribution is 0.668. The number of aromatic nitrogens is 8. The number of rotatable bonds is 4. The molecule has 35 heavy (non-hydrogen) atoms. The van der Waals surface area contributed by atoms with Crippen molar-refractivity contribution in [1.29, 1.82) is 0 Å². The van der Waals surface area contributed by atoms with E-state index < -0.39 is 0 Å². The number of pyridine rings is 1. The van der Waals surface area contributed by atoms with E-state index >= 15 is 0 Å². The normalized spacial score (nSPS) is 11.4. The van der Waals surface area contributed by atoms with Crippen LogP contribution >= 0.6 is 0 Å². The molecule has 0 fully saturated rings. The molecular formula is C26H16N8O. The van der Waals surface area contributed by atoms with Crippen LogP contribution in [0.4, 0.5) is 0 Å². The van der Waals surface area contributed by atoms with E-state index in [0.29, 0.717) is 17.7 Å². The van der Waals surface area contributed by atoms with Crippen LogP contribution in [0.5, 0.6) is 0 Å². The minimum absolute atomic E-state index is 0.446. The van der Waals surface area contributed by atoms with E-state index in [0.717, 1.165) is 39.0 Å². The second-order valence-electron chi connectivity index (χ2n) is 7.88. The summed E-state index contributed by atoms with van der Waals surface area (Å²) in [5, 5.41) is 0.939. The van der Waals surface area contributed by atoms with Gasteiger partial charge in [-0.05, 0) is 24.3 Å². The van der Waals surface area contributed by atoms with Gasteiger partial charge in [-0.2, -0.15) is 15.0 Å². The van der Waals surface area contributed by atoms with Gasteiger partial charge in [0.1, 0.15) is 23.3 Å². The predicted octanol–water partition coefficient (Wildman–Crippen LogP) is 4.87. The molecular weight excluding hydrogens is 440 g/mol. The second kappa shape index (κ2) is 7.70. The number of hydrogen-bond donors (Lipinski definition) is 0. The Morgan fingerprint density at radius 2 is 1.60 bits per heavy atom. The zero-order valence-electron chi connectivity index (χ0n) is 18.2. The van der Waals surface area contributed by atoms with Crippen LogP contribution in [0.2, 0.25) is 0 Å². The number of imidazole rings is 2. The first-order valence-corrected chi connectivity index (χ1v) is 10.9. The van der Waals surface area contributed by atoms with Crippen molar-refractivity contribution in [1.82, 2.24) is 39.0 Å². The molecule has 0 atom stereocenters. The first-order chi connectivity index (χ1) is 17.3. The van der Waals surface area contributed by atoms with Gasteiger partial charge in [0.25, 0.3) is 0 Å². The molecule has 0 aliphatic rings. The molecule has 5 heterocycles. The average Bonchev–Trinajstić information content (AvgIpc) is 3.68. The van der Waals surface area contributed by atoms with Crippen LogP contribution in [0.15, 0.2) is 102 Å². The Balaban J connectivity index is 1.42. The second-order valence-corrected chi connectivity index (χ2v) is 7.88. The van der Waals surface area contributed by atoms with E-state index in [-0.39, 0.29) is 0 Å². The largest absolute Gasteiger partial charge is 0.454 e. The van der Waals surface area contributed by atoms with Crippen molar-refractivity contribution in [2.45, 2.75) is 0 Å². The lowest BCUT2D eigenvalue weighted by Crippen LogP contribution is -2.09. The highest BCUT2D eigenvalue weighted by molar-refractivity contribution is 6.03. The Morgan fingerprint density at radius 1 is 0.686 bits per heavy atom. The number of furan rings is 1. The Morgan fingerprint density at radius 3 is 2.49 bits per heavy atom. The molecule has 0 N–H and O–H groups in total. The van der Waals surface area contributed by atoms with Crippen molar-refractivity contribution in [3.8, 4) is 34.7 Å². The summed E-state index contributed by atoms with van der Waals surface area (Å²) in [7, 11) is 0. The van der Waals surface area contributed by atoms with Gasteiger partial charge in [0, 0.05) is 47.5 Å². The van der Waals surface area contributed by atoms with Gasteiger partial charge in [-0.3, -0.25) is 14.1 Å². The van der Waals surface area contributed by atoms with Gasteiger partial charge in [0.15, 0.2) is 11.4 Å². The van der Waals surface area contributed by atoms with E-state index in [4.69, 9.17) is 19.4 Å². The lowest BCUT2D eigenvalue weighted by atomic mass is 10.1. The SMILES string of the molecule is c1ccc(-c2nccn2-c2nc(-c3ccc4c(c3)oc3cccnc34)nc(-n3ccnc3)n2)cc1. The van der Waals surface area contributed by atoms with Crippen molar-refractivity contribution < 1.29 is 4.42 Å². The summed E-state index contributed by atoms with van der Waals surface area (Å²) in [5.41, 5.74) is 4.04.